The third-order valence-corrected chi connectivity index (χ3v) is 3.62. The number of hydrogen-bond donors (Lipinski definition) is 0. The van der Waals surface area contributed by atoms with Crippen molar-refractivity contribution in [2.45, 2.75) is 32.7 Å². The number of carbonyl (C=O) groups is 1. The Labute approximate surface area is 92.4 Å². The van der Waals surface area contributed by atoms with Gasteiger partial charge in [-0.25, -0.2) is 0 Å². The molecule has 0 radical (unpaired) electrons. The topological polar surface area (TPSA) is 23.6 Å². The van der Waals surface area contributed by atoms with Gasteiger partial charge in [-0.15, -0.1) is 0 Å². The molecular formula is C12H22N2O. The number of hydrogen-bond acceptors (Lipinski definition) is 3. The minimum Gasteiger partial charge on any atom is -0.303 e. The van der Waals surface area contributed by atoms with Crippen LogP contribution in [0.3, 0.4) is 0 Å². The summed E-state index contributed by atoms with van der Waals surface area (Å²) in [6, 6.07) is 0.765. The third kappa shape index (κ3) is 2.58. The Bertz CT molecular complexity index is 240. The average molecular weight is 210 g/mol. The Morgan fingerprint density at radius 3 is 2.87 bits per heavy atom. The van der Waals surface area contributed by atoms with Gasteiger partial charge in [-0.3, -0.25) is 9.80 Å². The van der Waals surface area contributed by atoms with Crippen molar-refractivity contribution in [3.8, 4) is 0 Å². The Balaban J connectivity index is 1.87. The molecule has 0 amide bonds. The van der Waals surface area contributed by atoms with E-state index in [0.29, 0.717) is 0 Å². The molecule has 2 aliphatic rings. The molecule has 0 spiro atoms. The maximum Gasteiger partial charge on any atom is 0.126 e. The van der Waals surface area contributed by atoms with Gasteiger partial charge in [0, 0.05) is 37.6 Å². The molecule has 3 heteroatoms. The first-order chi connectivity index (χ1) is 7.11. The first-order valence-electron chi connectivity index (χ1n) is 6.03. The molecule has 3 nitrogen and oxygen atoms in total. The summed E-state index contributed by atoms with van der Waals surface area (Å²) in [5, 5.41) is 0. The van der Waals surface area contributed by atoms with Gasteiger partial charge in [-0.1, -0.05) is 13.8 Å². The van der Waals surface area contributed by atoms with Crippen LogP contribution >= 0.6 is 0 Å². The van der Waals surface area contributed by atoms with Crippen LogP contribution in [0.15, 0.2) is 0 Å². The molecule has 15 heavy (non-hydrogen) atoms. The lowest BCUT2D eigenvalue weighted by Gasteiger charge is -2.39. The fourth-order valence-electron chi connectivity index (χ4n) is 2.81. The summed E-state index contributed by atoms with van der Waals surface area (Å²) in [4.78, 5) is 16.0. The van der Waals surface area contributed by atoms with Crippen molar-refractivity contribution < 1.29 is 4.79 Å². The highest BCUT2D eigenvalue weighted by molar-refractivity contribution is 5.58. The molecule has 2 saturated heterocycles. The highest BCUT2D eigenvalue weighted by Crippen LogP contribution is 2.23. The maximum atomic E-state index is 10.9. The lowest BCUT2D eigenvalue weighted by Crippen LogP contribution is -2.52. The Hall–Kier alpha value is -0.410. The van der Waals surface area contributed by atoms with E-state index in [1.807, 2.05) is 13.8 Å². The molecule has 0 aromatic heterocycles. The number of carbonyl (C=O) groups excluding carboxylic acids is 1. The summed E-state index contributed by atoms with van der Waals surface area (Å²) >= 11 is 0. The first kappa shape index (κ1) is 11.1. The van der Waals surface area contributed by atoms with E-state index in [9.17, 15) is 4.79 Å². The molecule has 0 aromatic rings. The van der Waals surface area contributed by atoms with Crippen molar-refractivity contribution in [3.63, 3.8) is 0 Å². The van der Waals surface area contributed by atoms with Crippen molar-refractivity contribution in [3.05, 3.63) is 0 Å². The van der Waals surface area contributed by atoms with Crippen LogP contribution in [-0.2, 0) is 4.79 Å². The highest BCUT2D eigenvalue weighted by Gasteiger charge is 2.32. The van der Waals surface area contributed by atoms with Crippen molar-refractivity contribution in [2.75, 3.05) is 32.7 Å². The molecule has 1 atom stereocenters. The number of rotatable bonds is 3. The minimum absolute atomic E-state index is 0.180. The summed E-state index contributed by atoms with van der Waals surface area (Å²) in [6.45, 7) is 9.75. The molecule has 2 aliphatic heterocycles. The van der Waals surface area contributed by atoms with Crippen LogP contribution in [0.5, 0.6) is 0 Å². The molecule has 0 bridgehead atoms. The smallest absolute Gasteiger partial charge is 0.126 e. The zero-order valence-corrected chi connectivity index (χ0v) is 9.91. The summed E-state index contributed by atoms with van der Waals surface area (Å²) in [7, 11) is 0. The summed E-state index contributed by atoms with van der Waals surface area (Å²) in [5.74, 6) is 0. The largest absolute Gasteiger partial charge is 0.303 e. The van der Waals surface area contributed by atoms with Gasteiger partial charge in [0.1, 0.15) is 6.29 Å². The van der Waals surface area contributed by atoms with Gasteiger partial charge in [-0.2, -0.15) is 0 Å². The number of nitrogens with zero attached hydrogens (tertiary/aromatic N) is 2. The molecule has 2 heterocycles. The van der Waals surface area contributed by atoms with Crippen LogP contribution in [0, 0.1) is 5.41 Å². The Kier molecular flexibility index (Phi) is 3.12. The van der Waals surface area contributed by atoms with Crippen LogP contribution in [0.4, 0.5) is 0 Å². The van der Waals surface area contributed by atoms with E-state index in [4.69, 9.17) is 0 Å². The van der Waals surface area contributed by atoms with Gasteiger partial charge in [0.15, 0.2) is 0 Å². The van der Waals surface area contributed by atoms with Crippen molar-refractivity contribution in [1.29, 1.82) is 0 Å². The molecule has 0 aliphatic carbocycles. The van der Waals surface area contributed by atoms with Gasteiger partial charge in [-0.05, 0) is 19.4 Å². The Morgan fingerprint density at radius 1 is 1.33 bits per heavy atom. The van der Waals surface area contributed by atoms with E-state index in [-0.39, 0.29) is 5.41 Å². The predicted octanol–water partition coefficient (Wildman–Crippen LogP) is 0.992. The second kappa shape index (κ2) is 4.22. The van der Waals surface area contributed by atoms with Gasteiger partial charge < -0.3 is 4.79 Å². The van der Waals surface area contributed by atoms with Crippen LogP contribution in [-0.4, -0.2) is 54.9 Å². The standard InChI is InChI=1S/C12H22N2O/c1-12(2,10-15)9-13-6-7-14-5-3-4-11(14)8-13/h10-11H,3-9H2,1-2H3. The summed E-state index contributed by atoms with van der Waals surface area (Å²) in [6.07, 6.45) is 3.79. The van der Waals surface area contributed by atoms with Crippen molar-refractivity contribution in [2.24, 2.45) is 5.41 Å². The molecule has 0 N–H and O–H groups in total. The molecule has 0 aromatic carbocycles. The monoisotopic (exact) mass is 210 g/mol. The first-order valence-corrected chi connectivity index (χ1v) is 6.03. The van der Waals surface area contributed by atoms with E-state index in [2.05, 4.69) is 9.80 Å². The van der Waals surface area contributed by atoms with E-state index < -0.39 is 0 Å². The van der Waals surface area contributed by atoms with Gasteiger partial charge >= 0.3 is 0 Å². The highest BCUT2D eigenvalue weighted by atomic mass is 16.1. The Morgan fingerprint density at radius 2 is 2.13 bits per heavy atom. The normalized spacial score (nSPS) is 29.1. The van der Waals surface area contributed by atoms with Crippen LogP contribution in [0.1, 0.15) is 26.7 Å². The number of fused-ring (bicyclic) bond motifs is 1. The third-order valence-electron chi connectivity index (χ3n) is 3.62. The van der Waals surface area contributed by atoms with Gasteiger partial charge in [0.25, 0.3) is 0 Å². The molecule has 2 fully saturated rings. The van der Waals surface area contributed by atoms with Gasteiger partial charge in [0.05, 0.1) is 0 Å². The lowest BCUT2D eigenvalue weighted by molar-refractivity contribution is -0.116. The van der Waals surface area contributed by atoms with Crippen LogP contribution in [0.2, 0.25) is 0 Å². The zero-order valence-electron chi connectivity index (χ0n) is 9.91. The minimum atomic E-state index is -0.180. The molecule has 1 unspecified atom stereocenters. The quantitative estimate of drug-likeness (QED) is 0.649. The van der Waals surface area contributed by atoms with Crippen LogP contribution < -0.4 is 0 Å². The maximum absolute atomic E-state index is 10.9. The molecular weight excluding hydrogens is 188 g/mol. The zero-order chi connectivity index (χ0) is 10.9. The fourth-order valence-corrected chi connectivity index (χ4v) is 2.81. The van der Waals surface area contributed by atoms with Crippen LogP contribution in [0.25, 0.3) is 0 Å². The lowest BCUT2D eigenvalue weighted by atomic mass is 9.94. The van der Waals surface area contributed by atoms with E-state index in [1.54, 1.807) is 0 Å². The van der Waals surface area contributed by atoms with Gasteiger partial charge in [0.2, 0.25) is 0 Å². The average Bonchev–Trinajstić information content (AvgIpc) is 2.64. The molecule has 0 saturated carbocycles. The molecule has 2 rings (SSSR count). The second-order valence-corrected chi connectivity index (χ2v) is 5.67. The van der Waals surface area contributed by atoms with E-state index >= 15 is 0 Å². The van der Waals surface area contributed by atoms with E-state index in [1.165, 1.54) is 25.9 Å². The van der Waals surface area contributed by atoms with Crippen molar-refractivity contribution >= 4 is 6.29 Å². The van der Waals surface area contributed by atoms with E-state index in [0.717, 1.165) is 32.0 Å². The SMILES string of the molecule is CC(C)(C=O)CN1CCN2CCCC2C1. The molecule has 86 valence electrons. The predicted molar refractivity (Wildman–Crippen MR) is 60.9 cm³/mol. The number of piperazine rings is 1. The second-order valence-electron chi connectivity index (χ2n) is 5.67. The summed E-state index contributed by atoms with van der Waals surface area (Å²) in [5.41, 5.74) is -0.180. The number of aldehydes is 1. The fraction of sp³-hybridized carbons (Fsp3) is 0.917. The summed E-state index contributed by atoms with van der Waals surface area (Å²) < 4.78 is 0. The van der Waals surface area contributed by atoms with Crippen molar-refractivity contribution in [1.82, 2.24) is 9.80 Å².